The van der Waals surface area contributed by atoms with Gasteiger partial charge in [0, 0.05) is 5.56 Å². The smallest absolute Gasteiger partial charge is 0.341 e. The summed E-state index contributed by atoms with van der Waals surface area (Å²) in [5.74, 6) is 0.456. The maximum atomic E-state index is 12.8. The fraction of sp³-hybridized carbons (Fsp3) is 0.182. The number of hydrogen-bond acceptors (Lipinski definition) is 2. The molecule has 0 aliphatic carbocycles. The van der Waals surface area contributed by atoms with E-state index in [0.717, 1.165) is 6.07 Å². The van der Waals surface area contributed by atoms with E-state index in [1.807, 2.05) is 0 Å². The molecule has 1 aromatic carbocycles. The van der Waals surface area contributed by atoms with Crippen molar-refractivity contribution in [1.29, 1.82) is 0 Å². The maximum Gasteiger partial charge on any atom is 0.417 e. The van der Waals surface area contributed by atoms with E-state index in [4.69, 9.17) is 5.73 Å². The number of alkyl halides is 3. The molecule has 0 saturated carbocycles. The molecule has 6 heteroatoms. The number of aromatic nitrogens is 2. The van der Waals surface area contributed by atoms with Gasteiger partial charge in [-0.1, -0.05) is 18.2 Å². The number of nitrogens with one attached hydrogen (secondary N) is 1. The molecule has 0 aliphatic rings. The number of halogens is 3. The number of rotatable bonds is 2. The van der Waals surface area contributed by atoms with E-state index in [9.17, 15) is 13.2 Å². The predicted octanol–water partition coefficient (Wildman–Crippen LogP) is 2.55. The molecule has 1 aromatic heterocycles. The van der Waals surface area contributed by atoms with Gasteiger partial charge in [0.05, 0.1) is 24.0 Å². The van der Waals surface area contributed by atoms with Gasteiger partial charge in [0.2, 0.25) is 0 Å². The molecular weight excluding hydrogens is 231 g/mol. The van der Waals surface area contributed by atoms with Gasteiger partial charge in [0.25, 0.3) is 0 Å². The quantitative estimate of drug-likeness (QED) is 0.848. The molecule has 90 valence electrons. The van der Waals surface area contributed by atoms with Gasteiger partial charge in [-0.15, -0.1) is 0 Å². The summed E-state index contributed by atoms with van der Waals surface area (Å²) in [4.78, 5) is 6.64. The summed E-state index contributed by atoms with van der Waals surface area (Å²) in [6, 6.07) is 5.34. The zero-order valence-electron chi connectivity index (χ0n) is 8.75. The number of benzene rings is 1. The molecule has 0 fully saturated rings. The van der Waals surface area contributed by atoms with Crippen LogP contribution in [0.3, 0.4) is 0 Å². The third-order valence-corrected chi connectivity index (χ3v) is 2.34. The Bertz CT molecular complexity index is 517. The number of nitrogens with two attached hydrogens (primary N) is 1. The van der Waals surface area contributed by atoms with Crippen molar-refractivity contribution in [2.75, 3.05) is 0 Å². The lowest BCUT2D eigenvalue weighted by Gasteiger charge is -2.10. The molecule has 0 atom stereocenters. The molecule has 0 spiro atoms. The molecule has 0 radical (unpaired) electrons. The van der Waals surface area contributed by atoms with E-state index in [1.165, 1.54) is 18.3 Å². The fourth-order valence-corrected chi connectivity index (χ4v) is 1.57. The maximum absolute atomic E-state index is 12.8. The van der Waals surface area contributed by atoms with Crippen LogP contribution in [-0.4, -0.2) is 9.97 Å². The van der Waals surface area contributed by atoms with Crippen molar-refractivity contribution < 1.29 is 13.2 Å². The minimum atomic E-state index is -4.38. The van der Waals surface area contributed by atoms with E-state index in [-0.39, 0.29) is 12.1 Å². The van der Waals surface area contributed by atoms with Crippen LogP contribution in [0.2, 0.25) is 0 Å². The van der Waals surface area contributed by atoms with Gasteiger partial charge in [-0.25, -0.2) is 4.98 Å². The third kappa shape index (κ3) is 2.31. The molecular formula is C11H10F3N3. The van der Waals surface area contributed by atoms with E-state index < -0.39 is 11.7 Å². The molecule has 17 heavy (non-hydrogen) atoms. The molecule has 0 bridgehead atoms. The van der Waals surface area contributed by atoms with Gasteiger partial charge >= 0.3 is 6.18 Å². The highest BCUT2D eigenvalue weighted by Gasteiger charge is 2.33. The number of aromatic amines is 1. The van der Waals surface area contributed by atoms with Gasteiger partial charge < -0.3 is 10.7 Å². The van der Waals surface area contributed by atoms with Crippen LogP contribution in [0, 0.1) is 0 Å². The summed E-state index contributed by atoms with van der Waals surface area (Å²) < 4.78 is 38.3. The first-order valence-electron chi connectivity index (χ1n) is 4.93. The first-order chi connectivity index (χ1) is 8.02. The van der Waals surface area contributed by atoms with Crippen LogP contribution >= 0.6 is 0 Å². The highest BCUT2D eigenvalue weighted by atomic mass is 19.4. The highest BCUT2D eigenvalue weighted by molar-refractivity contribution is 5.64. The van der Waals surface area contributed by atoms with E-state index in [0.29, 0.717) is 11.5 Å². The van der Waals surface area contributed by atoms with Crippen molar-refractivity contribution in [2.45, 2.75) is 12.7 Å². The second kappa shape index (κ2) is 4.21. The standard InChI is InChI=1S/C11H10F3N3/c12-11(13,14)8-4-2-1-3-7(8)9-6-16-10(5-15)17-9/h1-4,6H,5,15H2,(H,16,17). The zero-order chi connectivity index (χ0) is 12.5. The summed E-state index contributed by atoms with van der Waals surface area (Å²) in [5, 5.41) is 0. The van der Waals surface area contributed by atoms with Crippen LogP contribution in [0.1, 0.15) is 11.4 Å². The SMILES string of the molecule is NCc1ncc(-c2ccccc2C(F)(F)F)[nH]1. The van der Waals surface area contributed by atoms with Gasteiger partial charge in [0.15, 0.2) is 0 Å². The van der Waals surface area contributed by atoms with Crippen molar-refractivity contribution in [3.8, 4) is 11.3 Å². The van der Waals surface area contributed by atoms with Crippen LogP contribution < -0.4 is 5.73 Å². The monoisotopic (exact) mass is 241 g/mol. The van der Waals surface area contributed by atoms with Crippen LogP contribution in [0.5, 0.6) is 0 Å². The van der Waals surface area contributed by atoms with E-state index in [2.05, 4.69) is 9.97 Å². The summed E-state index contributed by atoms with van der Waals surface area (Å²) in [6.45, 7) is 0.161. The normalized spacial score (nSPS) is 11.8. The Hall–Kier alpha value is -1.82. The predicted molar refractivity (Wildman–Crippen MR) is 56.9 cm³/mol. The van der Waals surface area contributed by atoms with Crippen LogP contribution in [0.4, 0.5) is 13.2 Å². The summed E-state index contributed by atoms with van der Waals surface area (Å²) in [5.41, 5.74) is 5.06. The molecule has 1 heterocycles. The molecule has 0 aliphatic heterocycles. The highest BCUT2D eigenvalue weighted by Crippen LogP contribution is 2.36. The Kier molecular flexibility index (Phi) is 2.89. The second-order valence-electron chi connectivity index (χ2n) is 3.49. The average Bonchev–Trinajstić information content (AvgIpc) is 2.76. The second-order valence-corrected chi connectivity index (χ2v) is 3.49. The fourth-order valence-electron chi connectivity index (χ4n) is 1.57. The lowest BCUT2D eigenvalue weighted by molar-refractivity contribution is -0.137. The lowest BCUT2D eigenvalue weighted by Crippen LogP contribution is -2.07. The van der Waals surface area contributed by atoms with Crippen LogP contribution in [0.15, 0.2) is 30.5 Å². The summed E-state index contributed by atoms with van der Waals surface area (Å²) >= 11 is 0. The molecule has 0 unspecified atom stereocenters. The lowest BCUT2D eigenvalue weighted by atomic mass is 10.1. The Balaban J connectivity index is 2.52. The minimum Gasteiger partial charge on any atom is -0.341 e. The topological polar surface area (TPSA) is 54.7 Å². The molecule has 3 N–H and O–H groups in total. The van der Waals surface area contributed by atoms with Crippen molar-refractivity contribution in [3.63, 3.8) is 0 Å². The number of hydrogen-bond donors (Lipinski definition) is 2. The zero-order valence-corrected chi connectivity index (χ0v) is 8.75. The number of nitrogens with zero attached hydrogens (tertiary/aromatic N) is 1. The van der Waals surface area contributed by atoms with E-state index >= 15 is 0 Å². The Morgan fingerprint density at radius 3 is 2.53 bits per heavy atom. The van der Waals surface area contributed by atoms with Gasteiger partial charge in [0.1, 0.15) is 5.82 Å². The largest absolute Gasteiger partial charge is 0.417 e. The number of imidazole rings is 1. The molecule has 2 rings (SSSR count). The molecule has 0 amide bonds. The van der Waals surface area contributed by atoms with Crippen LogP contribution in [0.25, 0.3) is 11.3 Å². The third-order valence-electron chi connectivity index (χ3n) is 2.34. The first-order valence-corrected chi connectivity index (χ1v) is 4.93. The van der Waals surface area contributed by atoms with Crippen molar-refractivity contribution in [2.24, 2.45) is 5.73 Å². The van der Waals surface area contributed by atoms with Crippen molar-refractivity contribution in [3.05, 3.63) is 41.9 Å². The number of H-pyrrole nitrogens is 1. The molecule has 2 aromatic rings. The molecule has 0 saturated heterocycles. The first kappa shape index (κ1) is 11.7. The summed E-state index contributed by atoms with van der Waals surface area (Å²) in [6.07, 6.45) is -3.03. The molecule has 3 nitrogen and oxygen atoms in total. The summed E-state index contributed by atoms with van der Waals surface area (Å²) in [7, 11) is 0. The van der Waals surface area contributed by atoms with E-state index in [1.54, 1.807) is 6.07 Å². The Morgan fingerprint density at radius 1 is 1.24 bits per heavy atom. The van der Waals surface area contributed by atoms with Gasteiger partial charge in [-0.2, -0.15) is 13.2 Å². The van der Waals surface area contributed by atoms with Crippen molar-refractivity contribution >= 4 is 0 Å². The minimum absolute atomic E-state index is 0.0761. The van der Waals surface area contributed by atoms with Crippen LogP contribution in [-0.2, 0) is 12.7 Å². The average molecular weight is 241 g/mol. The van der Waals surface area contributed by atoms with Crippen molar-refractivity contribution in [1.82, 2.24) is 9.97 Å². The van der Waals surface area contributed by atoms with Gasteiger partial charge in [-0.3, -0.25) is 0 Å². The Morgan fingerprint density at radius 2 is 1.94 bits per heavy atom. The van der Waals surface area contributed by atoms with Gasteiger partial charge in [-0.05, 0) is 6.07 Å². The Labute approximate surface area is 95.5 Å².